The van der Waals surface area contributed by atoms with E-state index < -0.39 is 11.7 Å². The molecule has 9 heteroatoms. The first-order valence-electron chi connectivity index (χ1n) is 11.5. The number of fused-ring (bicyclic) bond motifs is 1. The van der Waals surface area contributed by atoms with Crippen LogP contribution in [0.1, 0.15) is 34.8 Å². The van der Waals surface area contributed by atoms with Crippen LogP contribution < -0.4 is 15.8 Å². The van der Waals surface area contributed by atoms with Crippen molar-refractivity contribution < 1.29 is 18.7 Å². The van der Waals surface area contributed by atoms with Crippen LogP contribution in [0, 0.1) is 5.82 Å². The molecule has 0 bridgehead atoms. The third kappa shape index (κ3) is 4.54. The van der Waals surface area contributed by atoms with Gasteiger partial charge in [-0.25, -0.2) is 9.37 Å². The van der Waals surface area contributed by atoms with Crippen molar-refractivity contribution in [3.05, 3.63) is 71.7 Å². The van der Waals surface area contributed by atoms with E-state index in [1.807, 2.05) is 35.0 Å². The largest absolute Gasteiger partial charge is 0.496 e. The van der Waals surface area contributed by atoms with Gasteiger partial charge in [0.2, 0.25) is 0 Å². The fraction of sp³-hybridized carbons (Fsp3) is 0.269. The Morgan fingerprint density at radius 3 is 2.71 bits per heavy atom. The van der Waals surface area contributed by atoms with Gasteiger partial charge in [0.05, 0.1) is 29.6 Å². The van der Waals surface area contributed by atoms with E-state index in [9.17, 15) is 9.18 Å². The molecule has 2 aromatic heterocycles. The van der Waals surface area contributed by atoms with Crippen molar-refractivity contribution in [2.45, 2.75) is 25.4 Å². The van der Waals surface area contributed by atoms with Crippen LogP contribution in [0.3, 0.4) is 0 Å². The van der Waals surface area contributed by atoms with Gasteiger partial charge in [-0.2, -0.15) is 5.10 Å². The van der Waals surface area contributed by atoms with E-state index in [-0.39, 0.29) is 18.2 Å². The van der Waals surface area contributed by atoms with Gasteiger partial charge >= 0.3 is 0 Å². The molecule has 0 aliphatic carbocycles. The zero-order valence-corrected chi connectivity index (χ0v) is 19.3. The molecule has 1 amide bonds. The molecule has 0 unspecified atom stereocenters. The van der Waals surface area contributed by atoms with Crippen LogP contribution in [0.5, 0.6) is 5.75 Å². The fourth-order valence-electron chi connectivity index (χ4n) is 4.44. The van der Waals surface area contributed by atoms with Crippen LogP contribution in [0.25, 0.3) is 22.2 Å². The number of carbonyl (C=O) groups excluding carboxylic acids is 1. The molecule has 8 nitrogen and oxygen atoms in total. The van der Waals surface area contributed by atoms with E-state index >= 15 is 0 Å². The molecule has 35 heavy (non-hydrogen) atoms. The van der Waals surface area contributed by atoms with Crippen molar-refractivity contribution in [2.75, 3.05) is 26.1 Å². The van der Waals surface area contributed by atoms with Crippen molar-refractivity contribution in [3.8, 4) is 17.0 Å². The summed E-state index contributed by atoms with van der Waals surface area (Å²) in [4.78, 5) is 16.9. The summed E-state index contributed by atoms with van der Waals surface area (Å²) < 4.78 is 26.3. The minimum absolute atomic E-state index is 0.150. The number of ether oxygens (including phenoxy) is 2. The first kappa shape index (κ1) is 22.8. The zero-order valence-electron chi connectivity index (χ0n) is 19.3. The topological polar surface area (TPSA) is 104 Å². The van der Waals surface area contributed by atoms with Crippen molar-refractivity contribution in [2.24, 2.45) is 0 Å². The van der Waals surface area contributed by atoms with Gasteiger partial charge in [0.25, 0.3) is 5.91 Å². The number of nitrogens with zero attached hydrogens (tertiary/aromatic N) is 3. The molecule has 3 heterocycles. The summed E-state index contributed by atoms with van der Waals surface area (Å²) in [7, 11) is 1.44. The molecule has 1 aliphatic rings. The number of carbonyl (C=O) groups is 1. The maximum Gasteiger partial charge on any atom is 0.255 e. The molecular formula is C26H26FN5O3. The van der Waals surface area contributed by atoms with Crippen LogP contribution in [-0.4, -0.2) is 41.0 Å². The molecule has 0 saturated carbocycles. The van der Waals surface area contributed by atoms with Crippen molar-refractivity contribution in [3.63, 3.8) is 0 Å². The predicted molar refractivity (Wildman–Crippen MR) is 131 cm³/mol. The highest BCUT2D eigenvalue weighted by Gasteiger charge is 2.23. The van der Waals surface area contributed by atoms with Gasteiger partial charge in [-0.3, -0.25) is 9.48 Å². The molecule has 1 saturated heterocycles. The number of halogens is 1. The minimum atomic E-state index is -0.499. The Morgan fingerprint density at radius 2 is 1.97 bits per heavy atom. The quantitative estimate of drug-likeness (QED) is 0.435. The molecule has 0 atom stereocenters. The third-order valence-electron chi connectivity index (χ3n) is 6.27. The lowest BCUT2D eigenvalue weighted by Gasteiger charge is -2.23. The summed E-state index contributed by atoms with van der Waals surface area (Å²) in [6, 6.07) is 13.8. The molecule has 2 aromatic carbocycles. The minimum Gasteiger partial charge on any atom is -0.496 e. The molecule has 3 N–H and O–H groups in total. The molecule has 180 valence electrons. The van der Waals surface area contributed by atoms with Crippen LogP contribution in [0.4, 0.5) is 10.2 Å². The average Bonchev–Trinajstić information content (AvgIpc) is 3.29. The average molecular weight is 476 g/mol. The number of methoxy groups -OCH3 is 1. The second-order valence-electron chi connectivity index (χ2n) is 8.45. The van der Waals surface area contributed by atoms with Gasteiger partial charge in [-0.05, 0) is 42.7 Å². The maximum atomic E-state index is 13.6. The van der Waals surface area contributed by atoms with Crippen LogP contribution in [-0.2, 0) is 11.3 Å². The number of nitrogen functional groups attached to an aromatic ring is 1. The highest BCUT2D eigenvalue weighted by atomic mass is 19.1. The van der Waals surface area contributed by atoms with Crippen LogP contribution in [0.15, 0.2) is 54.7 Å². The summed E-state index contributed by atoms with van der Waals surface area (Å²) in [5.41, 5.74) is 9.94. The molecular weight excluding hydrogens is 449 g/mol. The number of aromatic nitrogens is 3. The first-order chi connectivity index (χ1) is 17.0. The first-order valence-corrected chi connectivity index (χ1v) is 11.5. The second-order valence-corrected chi connectivity index (χ2v) is 8.45. The second kappa shape index (κ2) is 9.71. The van der Waals surface area contributed by atoms with Gasteiger partial charge in [0, 0.05) is 31.5 Å². The highest BCUT2D eigenvalue weighted by Crippen LogP contribution is 2.34. The van der Waals surface area contributed by atoms with Crippen LogP contribution >= 0.6 is 0 Å². The summed E-state index contributed by atoms with van der Waals surface area (Å²) in [5, 5.41) is 8.58. The van der Waals surface area contributed by atoms with E-state index in [1.54, 1.807) is 6.20 Å². The molecule has 0 radical (unpaired) electrons. The van der Waals surface area contributed by atoms with Gasteiger partial charge < -0.3 is 20.5 Å². The molecule has 1 aliphatic heterocycles. The number of amides is 1. The number of hydrogen-bond donors (Lipinski definition) is 2. The van der Waals surface area contributed by atoms with Crippen LogP contribution in [0.2, 0.25) is 0 Å². The number of rotatable bonds is 6. The van der Waals surface area contributed by atoms with E-state index in [1.165, 1.54) is 19.2 Å². The van der Waals surface area contributed by atoms with Gasteiger partial charge in [-0.1, -0.05) is 24.3 Å². The lowest BCUT2D eigenvalue weighted by Crippen LogP contribution is -2.23. The Hall–Kier alpha value is -3.98. The number of nitrogens with one attached hydrogen (secondary N) is 1. The lowest BCUT2D eigenvalue weighted by molar-refractivity contribution is 0.0675. The van der Waals surface area contributed by atoms with Gasteiger partial charge in [-0.15, -0.1) is 0 Å². The maximum absolute atomic E-state index is 13.6. The number of anilines is 1. The van der Waals surface area contributed by atoms with Gasteiger partial charge in [0.15, 0.2) is 0 Å². The normalized spacial score (nSPS) is 14.2. The monoisotopic (exact) mass is 475 g/mol. The Labute approximate surface area is 201 Å². The van der Waals surface area contributed by atoms with Crippen molar-refractivity contribution in [1.29, 1.82) is 0 Å². The predicted octanol–water partition coefficient (Wildman–Crippen LogP) is 4.11. The van der Waals surface area contributed by atoms with Crippen molar-refractivity contribution in [1.82, 2.24) is 20.1 Å². The zero-order chi connectivity index (χ0) is 24.4. The lowest BCUT2D eigenvalue weighted by atomic mass is 10.1. The Bertz CT molecular complexity index is 1360. The Kier molecular flexibility index (Phi) is 6.33. The van der Waals surface area contributed by atoms with E-state index in [0.717, 1.165) is 46.6 Å². The molecule has 5 rings (SSSR count). The molecule has 1 fully saturated rings. The Morgan fingerprint density at radius 1 is 1.20 bits per heavy atom. The summed E-state index contributed by atoms with van der Waals surface area (Å²) in [6.45, 7) is 1.70. The van der Waals surface area contributed by atoms with Crippen molar-refractivity contribution >= 4 is 22.6 Å². The van der Waals surface area contributed by atoms with E-state index in [0.29, 0.717) is 24.8 Å². The number of pyridine rings is 1. The standard InChI is InChI=1S/C26H26FN5O3/c1-34-22-7-6-18(27)14-20(22)26(33)30-15-16-2-4-17(5-3-16)24-23-21(8-11-29-25(23)28)32(31-24)19-9-12-35-13-10-19/h2-8,11,14,19H,9-10,12-13,15H2,1H3,(H2,28,29)(H,30,33). The molecule has 4 aromatic rings. The van der Waals surface area contributed by atoms with Gasteiger partial charge in [0.1, 0.15) is 23.1 Å². The summed E-state index contributed by atoms with van der Waals surface area (Å²) in [6.07, 6.45) is 3.50. The number of nitrogens with two attached hydrogens (primary N) is 1. The summed E-state index contributed by atoms with van der Waals surface area (Å²) >= 11 is 0. The highest BCUT2D eigenvalue weighted by molar-refractivity contribution is 6.00. The SMILES string of the molecule is COc1ccc(F)cc1C(=O)NCc1ccc(-c2nn(C3CCOCC3)c3ccnc(N)c23)cc1. The smallest absolute Gasteiger partial charge is 0.255 e. The summed E-state index contributed by atoms with van der Waals surface area (Å²) in [5.74, 6) is -0.152. The van der Waals surface area contributed by atoms with E-state index in [4.69, 9.17) is 20.3 Å². The fourth-order valence-corrected chi connectivity index (χ4v) is 4.44. The third-order valence-corrected chi connectivity index (χ3v) is 6.27. The Balaban J connectivity index is 1.38. The van der Waals surface area contributed by atoms with E-state index in [2.05, 4.69) is 10.3 Å². The number of benzene rings is 2. The molecule has 0 spiro atoms. The number of hydrogen-bond acceptors (Lipinski definition) is 6.